The lowest BCUT2D eigenvalue weighted by Crippen LogP contribution is -2.38. The smallest absolute Gasteiger partial charge is 0.169 e. The molecule has 0 saturated carbocycles. The summed E-state index contributed by atoms with van der Waals surface area (Å²) in [7, 11) is 0. The molecule has 0 atom stereocenters. The van der Waals surface area contributed by atoms with Gasteiger partial charge in [0, 0.05) is 0 Å². The third-order valence-corrected chi connectivity index (χ3v) is 8.72. The van der Waals surface area contributed by atoms with Gasteiger partial charge in [0.2, 0.25) is 0 Å². The maximum atomic E-state index is 13.1. The van der Waals surface area contributed by atoms with Crippen LogP contribution in [-0.4, -0.2) is 46.3 Å². The van der Waals surface area contributed by atoms with Gasteiger partial charge >= 0.3 is 0 Å². The van der Waals surface area contributed by atoms with Crippen LogP contribution in [0.15, 0.2) is 48.6 Å². The molecule has 0 aromatic heterocycles. The molecule has 0 saturated heterocycles. The van der Waals surface area contributed by atoms with Crippen molar-refractivity contribution in [2.75, 3.05) is 0 Å². The Labute approximate surface area is 236 Å². The first-order chi connectivity index (χ1) is 18.4. The highest BCUT2D eigenvalue weighted by Gasteiger charge is 2.41. The zero-order chi connectivity index (χ0) is 31.1. The standard InChI is InChI=1S/C32H40O8/c1-9-29(5)21(33)13-15-23(35)30(6,10-2)25(37)17-19-27(39)32(8,12-4)28(40)20-18-26(38)31(7,11-3)24(36)16-14-22(29)34/h13-20H,9-12H2,1-8H3. The van der Waals surface area contributed by atoms with E-state index in [4.69, 9.17) is 0 Å². The summed E-state index contributed by atoms with van der Waals surface area (Å²) in [5, 5.41) is 0. The number of rotatable bonds is 4. The summed E-state index contributed by atoms with van der Waals surface area (Å²) in [6.45, 7) is 12.0. The van der Waals surface area contributed by atoms with Crippen molar-refractivity contribution in [3.8, 4) is 0 Å². The predicted octanol–water partition coefficient (Wildman–Crippen LogP) is 4.44. The second-order valence-corrected chi connectivity index (χ2v) is 11.0. The molecule has 0 N–H and O–H groups in total. The monoisotopic (exact) mass is 552 g/mol. The summed E-state index contributed by atoms with van der Waals surface area (Å²) in [6.07, 6.45) is 7.82. The first-order valence-corrected chi connectivity index (χ1v) is 13.5. The van der Waals surface area contributed by atoms with E-state index >= 15 is 0 Å². The summed E-state index contributed by atoms with van der Waals surface area (Å²) in [6, 6.07) is 0. The van der Waals surface area contributed by atoms with Crippen molar-refractivity contribution >= 4 is 46.3 Å². The highest BCUT2D eigenvalue weighted by Crippen LogP contribution is 2.31. The van der Waals surface area contributed by atoms with Gasteiger partial charge in [0.1, 0.15) is 0 Å². The molecule has 1 aliphatic rings. The molecule has 1 aliphatic carbocycles. The van der Waals surface area contributed by atoms with E-state index in [9.17, 15) is 38.4 Å². The van der Waals surface area contributed by atoms with Gasteiger partial charge in [-0.3, -0.25) is 38.4 Å². The number of ketones is 8. The third-order valence-electron chi connectivity index (χ3n) is 8.72. The minimum absolute atomic E-state index is 0.0571. The van der Waals surface area contributed by atoms with Crippen molar-refractivity contribution in [1.29, 1.82) is 0 Å². The maximum Gasteiger partial charge on any atom is 0.169 e. The Morgan fingerprint density at radius 3 is 0.500 bits per heavy atom. The van der Waals surface area contributed by atoms with E-state index in [-0.39, 0.29) is 25.7 Å². The van der Waals surface area contributed by atoms with E-state index in [1.54, 1.807) is 27.7 Å². The topological polar surface area (TPSA) is 137 Å². The van der Waals surface area contributed by atoms with Crippen molar-refractivity contribution in [2.45, 2.75) is 81.1 Å². The number of allylic oxidation sites excluding steroid dienone is 8. The fourth-order valence-electron chi connectivity index (χ4n) is 3.96. The summed E-state index contributed by atoms with van der Waals surface area (Å²) < 4.78 is 0. The van der Waals surface area contributed by atoms with E-state index in [0.29, 0.717) is 0 Å². The van der Waals surface area contributed by atoms with E-state index < -0.39 is 67.9 Å². The molecule has 0 aromatic rings. The summed E-state index contributed by atoms with van der Waals surface area (Å²) in [4.78, 5) is 104. The summed E-state index contributed by atoms with van der Waals surface area (Å²) >= 11 is 0. The van der Waals surface area contributed by atoms with Crippen LogP contribution in [0.25, 0.3) is 0 Å². The molecule has 216 valence electrons. The van der Waals surface area contributed by atoms with Crippen LogP contribution in [0, 0.1) is 21.7 Å². The molecule has 40 heavy (non-hydrogen) atoms. The van der Waals surface area contributed by atoms with Gasteiger partial charge in [0.25, 0.3) is 0 Å². The van der Waals surface area contributed by atoms with Crippen LogP contribution < -0.4 is 0 Å². The van der Waals surface area contributed by atoms with Crippen LogP contribution in [0.3, 0.4) is 0 Å². The zero-order valence-electron chi connectivity index (χ0n) is 24.7. The van der Waals surface area contributed by atoms with Gasteiger partial charge in [-0.2, -0.15) is 0 Å². The fraction of sp³-hybridized carbons (Fsp3) is 0.500. The lowest BCUT2D eigenvalue weighted by Gasteiger charge is -2.25. The Hall–Kier alpha value is -3.68. The van der Waals surface area contributed by atoms with Crippen molar-refractivity contribution in [3.05, 3.63) is 48.6 Å². The molecule has 0 spiro atoms. The lowest BCUT2D eigenvalue weighted by atomic mass is 9.74. The van der Waals surface area contributed by atoms with Crippen LogP contribution >= 0.6 is 0 Å². The average Bonchev–Trinajstić information content (AvgIpc) is 2.96. The zero-order valence-corrected chi connectivity index (χ0v) is 24.7. The Kier molecular flexibility index (Phi) is 11.3. The number of hydrogen-bond donors (Lipinski definition) is 0. The van der Waals surface area contributed by atoms with E-state index in [0.717, 1.165) is 48.6 Å². The number of carbonyl (C=O) groups excluding carboxylic acids is 8. The van der Waals surface area contributed by atoms with Crippen molar-refractivity contribution in [2.24, 2.45) is 21.7 Å². The number of carbonyl (C=O) groups is 8. The largest absolute Gasteiger partial charge is 0.294 e. The molecular formula is C32H40O8. The SMILES string of the molecule is CCC1(C)C(=O)C=CC(=O)C(C)(CC)C(=O)C=CC(=O)C(C)(CC)C(=O)C=CC(=O)C(C)(CC)C(=O)C=CC1=O. The van der Waals surface area contributed by atoms with Crippen LogP contribution in [0.4, 0.5) is 0 Å². The highest BCUT2D eigenvalue weighted by atomic mass is 16.2. The predicted molar refractivity (Wildman–Crippen MR) is 150 cm³/mol. The van der Waals surface area contributed by atoms with Gasteiger partial charge < -0.3 is 0 Å². The second kappa shape index (κ2) is 13.1. The summed E-state index contributed by atoms with van der Waals surface area (Å²) in [5.41, 5.74) is -6.40. The Bertz CT molecular complexity index is 973. The molecule has 0 heterocycles. The minimum atomic E-state index is -1.60. The molecule has 0 bridgehead atoms. The van der Waals surface area contributed by atoms with E-state index in [1.807, 2.05) is 0 Å². The quantitative estimate of drug-likeness (QED) is 0.467. The van der Waals surface area contributed by atoms with Crippen molar-refractivity contribution < 1.29 is 38.4 Å². The lowest BCUT2D eigenvalue weighted by molar-refractivity contribution is -0.137. The Morgan fingerprint density at radius 2 is 0.425 bits per heavy atom. The highest BCUT2D eigenvalue weighted by molar-refractivity contribution is 6.23. The molecule has 0 amide bonds. The van der Waals surface area contributed by atoms with Gasteiger partial charge in [-0.25, -0.2) is 0 Å². The van der Waals surface area contributed by atoms with Gasteiger partial charge in [-0.15, -0.1) is 0 Å². The molecule has 0 radical (unpaired) electrons. The molecule has 0 fully saturated rings. The first-order valence-electron chi connectivity index (χ1n) is 13.5. The minimum Gasteiger partial charge on any atom is -0.294 e. The fourth-order valence-corrected chi connectivity index (χ4v) is 3.96. The Morgan fingerprint density at radius 1 is 0.325 bits per heavy atom. The third kappa shape index (κ3) is 6.54. The van der Waals surface area contributed by atoms with Gasteiger partial charge in [0.05, 0.1) is 21.7 Å². The molecule has 0 aromatic carbocycles. The first kappa shape index (κ1) is 34.3. The molecule has 0 unspecified atom stereocenters. The average molecular weight is 553 g/mol. The molecular weight excluding hydrogens is 512 g/mol. The van der Waals surface area contributed by atoms with Crippen molar-refractivity contribution in [1.82, 2.24) is 0 Å². The van der Waals surface area contributed by atoms with Crippen LogP contribution in [0.1, 0.15) is 81.1 Å². The van der Waals surface area contributed by atoms with E-state index in [2.05, 4.69) is 0 Å². The van der Waals surface area contributed by atoms with Crippen LogP contribution in [0.2, 0.25) is 0 Å². The van der Waals surface area contributed by atoms with Gasteiger partial charge in [0.15, 0.2) is 46.3 Å². The summed E-state index contributed by atoms with van der Waals surface area (Å²) in [5.74, 6) is -5.51. The van der Waals surface area contributed by atoms with Gasteiger partial charge in [-0.05, 0) is 102 Å². The second-order valence-electron chi connectivity index (χ2n) is 11.0. The normalized spacial score (nSPS) is 31.8. The molecule has 8 nitrogen and oxygen atoms in total. The van der Waals surface area contributed by atoms with Crippen molar-refractivity contribution in [3.63, 3.8) is 0 Å². The van der Waals surface area contributed by atoms with Gasteiger partial charge in [-0.1, -0.05) is 27.7 Å². The maximum absolute atomic E-state index is 13.1. The Balaban J connectivity index is 3.81. The molecule has 1 rings (SSSR count). The van der Waals surface area contributed by atoms with Crippen LogP contribution in [0.5, 0.6) is 0 Å². The molecule has 8 heteroatoms. The molecule has 0 aliphatic heterocycles. The van der Waals surface area contributed by atoms with E-state index in [1.165, 1.54) is 27.7 Å². The van der Waals surface area contributed by atoms with Crippen LogP contribution in [-0.2, 0) is 38.4 Å². The number of hydrogen-bond acceptors (Lipinski definition) is 8.